The summed E-state index contributed by atoms with van der Waals surface area (Å²) in [6, 6.07) is 0. The molecule has 2 aliphatic rings. The Morgan fingerprint density at radius 1 is 0.700 bits per heavy atom. The standard InChI is InChI=1S/C22H42O3.C20H34O5/c1-3-5-7-9-10-11-12-13-14-16-19(23)18-21-20(22(24)25-21)17-15-8-6-4-2;1-5-6-7-8-9-17-18(25-20(17)23)13-15(4)24-19(22)16(10-11-21)12-14(2)3/h19-21,23H,3-18H2,1-2H3;11,14-18H,5-10,12-13H2,1-4H3/t19-,20+,21?;15-,16-,17+,18?/m11/s1. The molecule has 2 unspecified atom stereocenters. The summed E-state index contributed by atoms with van der Waals surface area (Å²) in [6.45, 7) is 12.5. The molecule has 0 aliphatic carbocycles. The maximum atomic E-state index is 12.3. The quantitative estimate of drug-likeness (QED) is 0.0339. The first-order chi connectivity index (χ1) is 24.1. The average molecular weight is 709 g/mol. The Bertz CT molecular complexity index is 904. The first-order valence-corrected chi connectivity index (χ1v) is 20.8. The van der Waals surface area contributed by atoms with Gasteiger partial charge >= 0.3 is 17.9 Å². The van der Waals surface area contributed by atoms with Gasteiger partial charge in [0.05, 0.1) is 23.9 Å². The fraction of sp³-hybridized carbons (Fsp3) is 0.905. The molecule has 7 atom stereocenters. The molecule has 0 amide bonds. The lowest BCUT2D eigenvalue weighted by Crippen LogP contribution is -2.47. The number of hydrogen-bond donors (Lipinski definition) is 1. The van der Waals surface area contributed by atoms with E-state index < -0.39 is 0 Å². The zero-order valence-electron chi connectivity index (χ0n) is 33.0. The Hall–Kier alpha value is -1.96. The van der Waals surface area contributed by atoms with Crippen molar-refractivity contribution in [3.8, 4) is 0 Å². The lowest BCUT2D eigenvalue weighted by molar-refractivity contribution is -0.190. The number of carbonyl (C=O) groups excluding carboxylic acids is 4. The Morgan fingerprint density at radius 2 is 1.14 bits per heavy atom. The van der Waals surface area contributed by atoms with Crippen LogP contribution >= 0.6 is 0 Å². The van der Waals surface area contributed by atoms with E-state index in [1.54, 1.807) is 0 Å². The summed E-state index contributed by atoms with van der Waals surface area (Å²) in [6.07, 6.45) is 25.7. The monoisotopic (exact) mass is 709 g/mol. The second kappa shape index (κ2) is 28.6. The number of unbranched alkanes of at least 4 members (excludes halogenated alkanes) is 14. The first-order valence-electron chi connectivity index (χ1n) is 20.8. The Labute approximate surface area is 305 Å². The summed E-state index contributed by atoms with van der Waals surface area (Å²) in [4.78, 5) is 46.3. The summed E-state index contributed by atoms with van der Waals surface area (Å²) >= 11 is 0. The third-order valence-corrected chi connectivity index (χ3v) is 10.3. The smallest absolute Gasteiger partial charge is 0.313 e. The molecule has 0 spiro atoms. The summed E-state index contributed by atoms with van der Waals surface area (Å²) in [5, 5.41) is 10.2. The van der Waals surface area contributed by atoms with Crippen molar-refractivity contribution in [1.29, 1.82) is 0 Å². The largest absolute Gasteiger partial charge is 0.462 e. The van der Waals surface area contributed by atoms with Crippen LogP contribution < -0.4 is 0 Å². The third kappa shape index (κ3) is 20.2. The van der Waals surface area contributed by atoms with Crippen molar-refractivity contribution in [2.24, 2.45) is 23.7 Å². The second-order valence-corrected chi connectivity index (χ2v) is 15.6. The van der Waals surface area contributed by atoms with Crippen LogP contribution in [0.5, 0.6) is 0 Å². The van der Waals surface area contributed by atoms with Crippen molar-refractivity contribution in [2.45, 2.75) is 220 Å². The van der Waals surface area contributed by atoms with Crippen LogP contribution in [0.25, 0.3) is 0 Å². The van der Waals surface area contributed by atoms with E-state index in [4.69, 9.17) is 14.2 Å². The molecule has 0 aromatic heterocycles. The summed E-state index contributed by atoms with van der Waals surface area (Å²) in [5.74, 6) is -0.551. The van der Waals surface area contributed by atoms with Crippen LogP contribution in [0, 0.1) is 23.7 Å². The predicted molar refractivity (Wildman–Crippen MR) is 201 cm³/mol. The zero-order valence-corrected chi connectivity index (χ0v) is 33.0. The third-order valence-electron chi connectivity index (χ3n) is 10.3. The van der Waals surface area contributed by atoms with Gasteiger partial charge in [0, 0.05) is 19.3 Å². The molecule has 8 nitrogen and oxygen atoms in total. The van der Waals surface area contributed by atoms with Crippen LogP contribution in [0.2, 0.25) is 0 Å². The Balaban J connectivity index is 0.000000500. The molecular weight excluding hydrogens is 632 g/mol. The highest BCUT2D eigenvalue weighted by Gasteiger charge is 2.43. The second-order valence-electron chi connectivity index (χ2n) is 15.6. The molecule has 2 aliphatic heterocycles. The Morgan fingerprint density at radius 3 is 1.58 bits per heavy atom. The molecule has 0 aromatic carbocycles. The molecule has 50 heavy (non-hydrogen) atoms. The van der Waals surface area contributed by atoms with Crippen molar-refractivity contribution in [1.82, 2.24) is 0 Å². The zero-order chi connectivity index (χ0) is 37.1. The van der Waals surface area contributed by atoms with E-state index in [2.05, 4.69) is 20.8 Å². The van der Waals surface area contributed by atoms with Crippen LogP contribution in [-0.2, 0) is 33.4 Å². The molecule has 2 heterocycles. The van der Waals surface area contributed by atoms with Gasteiger partial charge in [-0.25, -0.2) is 0 Å². The highest BCUT2D eigenvalue weighted by Crippen LogP contribution is 2.33. The Kier molecular flexibility index (Phi) is 26.4. The molecule has 1 N–H and O–H groups in total. The van der Waals surface area contributed by atoms with Gasteiger partial charge in [-0.05, 0) is 38.5 Å². The molecular formula is C42H76O8. The van der Waals surface area contributed by atoms with Crippen molar-refractivity contribution in [3.05, 3.63) is 0 Å². The number of esters is 3. The van der Waals surface area contributed by atoms with E-state index in [1.165, 1.54) is 83.5 Å². The molecule has 2 fully saturated rings. The van der Waals surface area contributed by atoms with E-state index in [0.717, 1.165) is 51.2 Å². The van der Waals surface area contributed by atoms with Crippen LogP contribution in [0.15, 0.2) is 0 Å². The molecule has 8 heteroatoms. The molecule has 0 aromatic rings. The van der Waals surface area contributed by atoms with Gasteiger partial charge in [-0.1, -0.05) is 144 Å². The normalized spacial score (nSPS) is 21.5. The maximum absolute atomic E-state index is 12.3. The number of cyclic esters (lactones) is 2. The fourth-order valence-electron chi connectivity index (χ4n) is 7.13. The van der Waals surface area contributed by atoms with Crippen LogP contribution in [-0.4, -0.2) is 53.7 Å². The fourth-order valence-corrected chi connectivity index (χ4v) is 7.13. The number of aliphatic hydroxyl groups is 1. The molecule has 2 rings (SSSR count). The summed E-state index contributed by atoms with van der Waals surface area (Å²) < 4.78 is 16.0. The maximum Gasteiger partial charge on any atom is 0.313 e. The van der Waals surface area contributed by atoms with Crippen molar-refractivity contribution < 1.29 is 38.5 Å². The SMILES string of the molecule is CCCCCCCCCCC[C@@H](O)CC1OC(=O)[C@H]1CCCCCC.CCCCCC[C@@H]1C(=O)OC1C[C@@H](C)OC(=O)[C@H](CC=O)CC(C)C. The van der Waals surface area contributed by atoms with Gasteiger partial charge in [0.1, 0.15) is 24.6 Å². The van der Waals surface area contributed by atoms with Gasteiger partial charge in [-0.15, -0.1) is 0 Å². The first kappa shape index (κ1) is 46.1. The van der Waals surface area contributed by atoms with E-state index in [0.29, 0.717) is 25.2 Å². The number of hydrogen-bond acceptors (Lipinski definition) is 8. The predicted octanol–water partition coefficient (Wildman–Crippen LogP) is 10.2. The average Bonchev–Trinajstić information content (AvgIpc) is 3.06. The van der Waals surface area contributed by atoms with Crippen LogP contribution in [0.1, 0.15) is 196 Å². The van der Waals surface area contributed by atoms with Crippen molar-refractivity contribution >= 4 is 24.2 Å². The van der Waals surface area contributed by atoms with E-state index in [1.807, 2.05) is 20.8 Å². The van der Waals surface area contributed by atoms with Gasteiger partial charge in [-0.2, -0.15) is 0 Å². The molecule has 0 bridgehead atoms. The minimum Gasteiger partial charge on any atom is -0.462 e. The van der Waals surface area contributed by atoms with Gasteiger partial charge in [-0.3, -0.25) is 14.4 Å². The number of carbonyl (C=O) groups is 4. The summed E-state index contributed by atoms with van der Waals surface area (Å²) in [5.41, 5.74) is 0. The van der Waals surface area contributed by atoms with Crippen molar-refractivity contribution in [3.63, 3.8) is 0 Å². The number of aliphatic hydroxyl groups excluding tert-OH is 1. The number of ether oxygens (including phenoxy) is 3. The summed E-state index contributed by atoms with van der Waals surface area (Å²) in [7, 11) is 0. The van der Waals surface area contributed by atoms with Gasteiger partial charge in [0.15, 0.2) is 0 Å². The number of aldehydes is 1. The van der Waals surface area contributed by atoms with E-state index >= 15 is 0 Å². The van der Waals surface area contributed by atoms with Crippen LogP contribution in [0.4, 0.5) is 0 Å². The van der Waals surface area contributed by atoms with Crippen LogP contribution in [0.3, 0.4) is 0 Å². The topological polar surface area (TPSA) is 116 Å². The highest BCUT2D eigenvalue weighted by molar-refractivity contribution is 5.79. The molecule has 0 saturated carbocycles. The lowest BCUT2D eigenvalue weighted by Gasteiger charge is -2.36. The van der Waals surface area contributed by atoms with Gasteiger partial charge in [0.2, 0.25) is 0 Å². The minimum atomic E-state index is -0.381. The van der Waals surface area contributed by atoms with Crippen molar-refractivity contribution in [2.75, 3.05) is 0 Å². The molecule has 0 radical (unpaired) electrons. The molecule has 2 saturated heterocycles. The van der Waals surface area contributed by atoms with Gasteiger partial charge < -0.3 is 24.1 Å². The number of rotatable bonds is 30. The highest BCUT2D eigenvalue weighted by atomic mass is 16.6. The lowest BCUT2D eigenvalue weighted by atomic mass is 9.86. The van der Waals surface area contributed by atoms with Gasteiger partial charge in [0.25, 0.3) is 0 Å². The van der Waals surface area contributed by atoms with E-state index in [9.17, 15) is 24.3 Å². The molecule has 292 valence electrons. The minimum absolute atomic E-state index is 0.0253. The van der Waals surface area contributed by atoms with E-state index in [-0.39, 0.29) is 66.5 Å².